The van der Waals surface area contributed by atoms with Crippen LogP contribution in [0.15, 0.2) is 57.5 Å². The molecule has 0 bridgehead atoms. The third kappa shape index (κ3) is 3.71. The van der Waals surface area contributed by atoms with Crippen LogP contribution in [0.4, 0.5) is 0 Å². The smallest absolute Gasteiger partial charge is 0.338 e. The fourth-order valence-electron chi connectivity index (χ4n) is 2.66. The van der Waals surface area contributed by atoms with Crippen LogP contribution in [0.5, 0.6) is 0 Å². The van der Waals surface area contributed by atoms with Crippen LogP contribution in [0, 0.1) is 0 Å². The van der Waals surface area contributed by atoms with Crippen molar-refractivity contribution in [3.8, 4) is 0 Å². The molecule has 2 aromatic rings. The monoisotopic (exact) mass is 406 g/mol. The molecule has 0 aliphatic carbocycles. The molecule has 1 aliphatic rings. The number of esters is 1. The third-order valence-corrected chi connectivity index (χ3v) is 5.78. The SMILES string of the molecule is CC1=C(C(=O)OCc2ccccc2)C(c2ccc(Br)s2)NCN1C. The van der Waals surface area contributed by atoms with Crippen LogP contribution >= 0.6 is 27.3 Å². The van der Waals surface area contributed by atoms with Gasteiger partial charge in [0.05, 0.1) is 22.1 Å². The average Bonchev–Trinajstić information content (AvgIpc) is 3.02. The second-order valence-electron chi connectivity index (χ2n) is 5.70. The molecule has 0 radical (unpaired) electrons. The van der Waals surface area contributed by atoms with E-state index in [1.54, 1.807) is 11.3 Å². The number of nitrogens with zero attached hydrogens (tertiary/aromatic N) is 1. The number of benzene rings is 1. The number of halogens is 1. The van der Waals surface area contributed by atoms with E-state index in [2.05, 4.69) is 21.2 Å². The maximum Gasteiger partial charge on any atom is 0.338 e. The zero-order valence-corrected chi connectivity index (χ0v) is 16.0. The Bertz CT molecular complexity index is 757. The molecule has 3 rings (SSSR count). The van der Waals surface area contributed by atoms with Crippen LogP contribution in [-0.2, 0) is 16.1 Å². The van der Waals surface area contributed by atoms with E-state index >= 15 is 0 Å². The lowest BCUT2D eigenvalue weighted by Gasteiger charge is -2.33. The number of hydrogen-bond donors (Lipinski definition) is 1. The van der Waals surface area contributed by atoms with Gasteiger partial charge in [-0.25, -0.2) is 4.79 Å². The summed E-state index contributed by atoms with van der Waals surface area (Å²) in [7, 11) is 1.97. The van der Waals surface area contributed by atoms with Gasteiger partial charge in [-0.05, 0) is 40.5 Å². The number of ether oxygens (including phenoxy) is 1. The second kappa shape index (κ2) is 7.51. The summed E-state index contributed by atoms with van der Waals surface area (Å²) in [6.07, 6.45) is 0. The zero-order chi connectivity index (χ0) is 17.1. The van der Waals surface area contributed by atoms with E-state index in [1.165, 1.54) is 0 Å². The number of thiophene rings is 1. The molecule has 0 fully saturated rings. The van der Waals surface area contributed by atoms with Crippen LogP contribution in [0.2, 0.25) is 0 Å². The molecule has 1 aromatic heterocycles. The number of rotatable bonds is 4. The second-order valence-corrected chi connectivity index (χ2v) is 8.19. The molecule has 4 nitrogen and oxygen atoms in total. The number of nitrogens with one attached hydrogen (secondary N) is 1. The van der Waals surface area contributed by atoms with Gasteiger partial charge in [0.25, 0.3) is 0 Å². The van der Waals surface area contributed by atoms with E-state index in [9.17, 15) is 4.79 Å². The van der Waals surface area contributed by atoms with Crippen LogP contribution in [0.3, 0.4) is 0 Å². The Kier molecular flexibility index (Phi) is 5.38. The van der Waals surface area contributed by atoms with Gasteiger partial charge in [0.2, 0.25) is 0 Å². The summed E-state index contributed by atoms with van der Waals surface area (Å²) in [6.45, 7) is 2.94. The van der Waals surface area contributed by atoms with E-state index in [0.29, 0.717) is 12.2 Å². The molecule has 24 heavy (non-hydrogen) atoms. The molecular formula is C18H19BrN2O2S. The molecular weight excluding hydrogens is 388 g/mol. The highest BCUT2D eigenvalue weighted by atomic mass is 79.9. The van der Waals surface area contributed by atoms with Crippen molar-refractivity contribution < 1.29 is 9.53 Å². The predicted octanol–water partition coefficient (Wildman–Crippen LogP) is 4.06. The molecule has 1 atom stereocenters. The van der Waals surface area contributed by atoms with Crippen LogP contribution in [0.1, 0.15) is 23.4 Å². The summed E-state index contributed by atoms with van der Waals surface area (Å²) in [5, 5.41) is 3.41. The summed E-state index contributed by atoms with van der Waals surface area (Å²) >= 11 is 5.12. The fraction of sp³-hybridized carbons (Fsp3) is 0.278. The normalized spacial score (nSPS) is 18.0. The van der Waals surface area contributed by atoms with Crippen LogP contribution < -0.4 is 5.32 Å². The van der Waals surface area contributed by atoms with Crippen LogP contribution in [-0.4, -0.2) is 24.6 Å². The van der Waals surface area contributed by atoms with Gasteiger partial charge < -0.3 is 9.64 Å². The van der Waals surface area contributed by atoms with Gasteiger partial charge >= 0.3 is 5.97 Å². The van der Waals surface area contributed by atoms with Gasteiger partial charge in [-0.2, -0.15) is 0 Å². The Hall–Kier alpha value is -1.63. The molecule has 1 aliphatic heterocycles. The van der Waals surface area contributed by atoms with Crippen molar-refractivity contribution >= 4 is 33.2 Å². The molecule has 1 unspecified atom stereocenters. The first-order valence-electron chi connectivity index (χ1n) is 7.68. The molecule has 0 amide bonds. The molecule has 6 heteroatoms. The average molecular weight is 407 g/mol. The van der Waals surface area contributed by atoms with E-state index < -0.39 is 0 Å². The number of hydrogen-bond acceptors (Lipinski definition) is 5. The first kappa shape index (κ1) is 17.2. The van der Waals surface area contributed by atoms with Crippen molar-refractivity contribution in [1.82, 2.24) is 10.2 Å². The van der Waals surface area contributed by atoms with E-state index in [1.807, 2.05) is 61.3 Å². The Labute approximate surface area is 154 Å². The molecule has 0 saturated carbocycles. The lowest BCUT2D eigenvalue weighted by Crippen LogP contribution is -2.41. The molecule has 1 aromatic carbocycles. The number of allylic oxidation sites excluding steroid dienone is 1. The van der Waals surface area contributed by atoms with Crippen molar-refractivity contribution in [3.63, 3.8) is 0 Å². The minimum absolute atomic E-state index is 0.138. The van der Waals surface area contributed by atoms with Gasteiger partial charge in [-0.15, -0.1) is 11.3 Å². The lowest BCUT2D eigenvalue weighted by molar-refractivity contribution is -0.141. The Morgan fingerprint density at radius 1 is 1.33 bits per heavy atom. The highest BCUT2D eigenvalue weighted by molar-refractivity contribution is 9.11. The van der Waals surface area contributed by atoms with Gasteiger partial charge in [0.1, 0.15) is 6.61 Å². The summed E-state index contributed by atoms with van der Waals surface area (Å²) in [6, 6.07) is 13.6. The minimum atomic E-state index is -0.273. The highest BCUT2D eigenvalue weighted by Gasteiger charge is 2.31. The fourth-order valence-corrected chi connectivity index (χ4v) is 4.17. The standard InChI is InChI=1S/C18H19BrN2O2S/c1-12-16(18(22)23-10-13-6-4-3-5-7-13)17(20-11-21(12)2)14-8-9-15(19)24-14/h3-9,17,20H,10-11H2,1-2H3. The van der Waals surface area contributed by atoms with Gasteiger partial charge in [-0.1, -0.05) is 30.3 Å². The van der Waals surface area contributed by atoms with Gasteiger partial charge in [-0.3, -0.25) is 5.32 Å². The quantitative estimate of drug-likeness (QED) is 0.777. The summed E-state index contributed by atoms with van der Waals surface area (Å²) < 4.78 is 6.62. The number of carbonyl (C=O) groups excluding carboxylic acids is 1. The van der Waals surface area contributed by atoms with Crippen molar-refractivity contribution in [2.75, 3.05) is 13.7 Å². The number of carbonyl (C=O) groups is 1. The predicted molar refractivity (Wildman–Crippen MR) is 99.5 cm³/mol. The third-order valence-electron chi connectivity index (χ3n) is 4.09. The molecule has 2 heterocycles. The summed E-state index contributed by atoms with van der Waals surface area (Å²) in [5.74, 6) is -0.273. The lowest BCUT2D eigenvalue weighted by atomic mass is 10.0. The van der Waals surface area contributed by atoms with Crippen molar-refractivity contribution in [2.45, 2.75) is 19.6 Å². The molecule has 126 valence electrons. The highest BCUT2D eigenvalue weighted by Crippen LogP contribution is 2.35. The first-order valence-corrected chi connectivity index (χ1v) is 9.29. The molecule has 0 spiro atoms. The minimum Gasteiger partial charge on any atom is -0.457 e. The van der Waals surface area contributed by atoms with E-state index in [0.717, 1.165) is 19.9 Å². The molecule has 1 N–H and O–H groups in total. The maximum atomic E-state index is 12.8. The Balaban J connectivity index is 1.82. The van der Waals surface area contributed by atoms with Gasteiger partial charge in [0, 0.05) is 17.6 Å². The largest absolute Gasteiger partial charge is 0.457 e. The van der Waals surface area contributed by atoms with Gasteiger partial charge in [0.15, 0.2) is 0 Å². The van der Waals surface area contributed by atoms with Crippen molar-refractivity contribution in [3.05, 3.63) is 68.0 Å². The maximum absolute atomic E-state index is 12.8. The Morgan fingerprint density at radius 2 is 2.08 bits per heavy atom. The first-order chi connectivity index (χ1) is 11.6. The summed E-state index contributed by atoms with van der Waals surface area (Å²) in [5.41, 5.74) is 2.60. The topological polar surface area (TPSA) is 41.6 Å². The van der Waals surface area contributed by atoms with Crippen molar-refractivity contribution in [2.24, 2.45) is 0 Å². The van der Waals surface area contributed by atoms with E-state index in [-0.39, 0.29) is 18.6 Å². The van der Waals surface area contributed by atoms with Crippen LogP contribution in [0.25, 0.3) is 0 Å². The Morgan fingerprint density at radius 3 is 2.75 bits per heavy atom. The van der Waals surface area contributed by atoms with E-state index in [4.69, 9.17) is 4.74 Å². The van der Waals surface area contributed by atoms with Crippen molar-refractivity contribution in [1.29, 1.82) is 0 Å². The zero-order valence-electron chi connectivity index (χ0n) is 13.6. The summed E-state index contributed by atoms with van der Waals surface area (Å²) in [4.78, 5) is 15.9. The molecule has 0 saturated heterocycles.